The minimum atomic E-state index is -0.420. The summed E-state index contributed by atoms with van der Waals surface area (Å²) in [7, 11) is 0. The van der Waals surface area contributed by atoms with E-state index in [4.69, 9.17) is 15.0 Å². The number of ether oxygens (including phenoxy) is 1. The van der Waals surface area contributed by atoms with Crippen molar-refractivity contribution in [2.24, 2.45) is 5.73 Å². The van der Waals surface area contributed by atoms with Crippen LogP contribution in [0.5, 0.6) is 5.75 Å². The third-order valence-corrected chi connectivity index (χ3v) is 4.33. The van der Waals surface area contributed by atoms with Gasteiger partial charge >= 0.3 is 0 Å². The van der Waals surface area contributed by atoms with Crippen LogP contribution in [0.25, 0.3) is 11.5 Å². The Balaban J connectivity index is 0.00000182. The minimum absolute atomic E-state index is 0. The molecule has 130 valence electrons. The average molecular weight is 359 g/mol. The first-order valence-corrected chi connectivity index (χ1v) is 7.98. The molecule has 25 heavy (non-hydrogen) atoms. The van der Waals surface area contributed by atoms with Gasteiger partial charge in [-0.3, -0.25) is 4.98 Å². The maximum absolute atomic E-state index is 6.24. The van der Waals surface area contributed by atoms with Gasteiger partial charge in [-0.25, -0.2) is 0 Å². The van der Waals surface area contributed by atoms with Crippen LogP contribution in [0.2, 0.25) is 0 Å². The minimum Gasteiger partial charge on any atom is -0.489 e. The average Bonchev–Trinajstić information content (AvgIpc) is 3.09. The maximum Gasteiger partial charge on any atom is 0.258 e. The van der Waals surface area contributed by atoms with Crippen LogP contribution < -0.4 is 10.5 Å². The number of rotatable bonds is 5. The molecule has 6 nitrogen and oxygen atoms in total. The van der Waals surface area contributed by atoms with E-state index in [2.05, 4.69) is 15.1 Å². The van der Waals surface area contributed by atoms with E-state index < -0.39 is 5.54 Å². The molecule has 0 radical (unpaired) electrons. The molecule has 0 bridgehead atoms. The lowest BCUT2D eigenvalue weighted by molar-refractivity contribution is 0.229. The Bertz CT molecular complexity index is 834. The first kappa shape index (κ1) is 17.4. The summed E-state index contributed by atoms with van der Waals surface area (Å²) < 4.78 is 11.2. The van der Waals surface area contributed by atoms with Crippen LogP contribution >= 0.6 is 12.4 Å². The summed E-state index contributed by atoms with van der Waals surface area (Å²) in [5.74, 6) is 1.79. The number of aromatic nitrogens is 3. The fourth-order valence-electron chi connectivity index (χ4n) is 2.69. The van der Waals surface area contributed by atoms with E-state index in [0.29, 0.717) is 18.3 Å². The molecule has 4 rings (SSSR count). The normalized spacial score (nSPS) is 15.1. The van der Waals surface area contributed by atoms with Gasteiger partial charge in [0.05, 0.1) is 5.54 Å². The van der Waals surface area contributed by atoms with Gasteiger partial charge in [0.2, 0.25) is 0 Å². The summed E-state index contributed by atoms with van der Waals surface area (Å²) in [5, 5.41) is 4.05. The molecule has 3 aromatic rings. The number of benzene rings is 1. The van der Waals surface area contributed by atoms with Crippen LogP contribution in [0.3, 0.4) is 0 Å². The number of halogens is 1. The smallest absolute Gasteiger partial charge is 0.258 e. The Hall–Kier alpha value is -2.44. The predicted molar refractivity (Wildman–Crippen MR) is 95.3 cm³/mol. The maximum atomic E-state index is 6.24. The summed E-state index contributed by atoms with van der Waals surface area (Å²) in [4.78, 5) is 8.54. The van der Waals surface area contributed by atoms with Crippen molar-refractivity contribution in [3.63, 3.8) is 0 Å². The molecule has 0 unspecified atom stereocenters. The zero-order valence-corrected chi connectivity index (χ0v) is 14.4. The SMILES string of the molecule is Cl.NC1(c2noc(-c3cccc(OCc4cccnc4)c3)n2)CCC1. The molecule has 0 atom stereocenters. The first-order chi connectivity index (χ1) is 11.7. The Morgan fingerprint density at radius 2 is 2.08 bits per heavy atom. The van der Waals surface area contributed by atoms with Crippen LogP contribution in [0, 0.1) is 0 Å². The molecule has 1 aliphatic carbocycles. The monoisotopic (exact) mass is 358 g/mol. The third kappa shape index (κ3) is 3.65. The van der Waals surface area contributed by atoms with E-state index >= 15 is 0 Å². The largest absolute Gasteiger partial charge is 0.489 e. The molecule has 0 aliphatic heterocycles. The molecule has 1 saturated carbocycles. The van der Waals surface area contributed by atoms with Gasteiger partial charge in [0.25, 0.3) is 5.89 Å². The van der Waals surface area contributed by atoms with Crippen molar-refractivity contribution in [2.45, 2.75) is 31.4 Å². The Morgan fingerprint density at radius 1 is 1.20 bits per heavy atom. The lowest BCUT2D eigenvalue weighted by atomic mass is 9.77. The van der Waals surface area contributed by atoms with Crippen LogP contribution in [0.1, 0.15) is 30.7 Å². The van der Waals surface area contributed by atoms with Crippen LogP contribution in [-0.4, -0.2) is 15.1 Å². The van der Waals surface area contributed by atoms with Crippen LogP contribution in [0.15, 0.2) is 53.3 Å². The topological polar surface area (TPSA) is 87.1 Å². The third-order valence-electron chi connectivity index (χ3n) is 4.33. The van der Waals surface area contributed by atoms with E-state index in [1.807, 2.05) is 36.4 Å². The second-order valence-corrected chi connectivity index (χ2v) is 6.11. The predicted octanol–water partition coefficient (Wildman–Crippen LogP) is 3.47. The van der Waals surface area contributed by atoms with Crippen molar-refractivity contribution >= 4 is 12.4 Å². The molecular formula is C18H19ClN4O2. The fraction of sp³-hybridized carbons (Fsp3) is 0.278. The number of nitrogens with zero attached hydrogens (tertiary/aromatic N) is 3. The highest BCUT2D eigenvalue weighted by Crippen LogP contribution is 2.37. The zero-order valence-electron chi connectivity index (χ0n) is 13.6. The van der Waals surface area contributed by atoms with Gasteiger partial charge < -0.3 is 15.0 Å². The highest BCUT2D eigenvalue weighted by molar-refractivity contribution is 5.85. The van der Waals surface area contributed by atoms with E-state index in [9.17, 15) is 0 Å². The highest BCUT2D eigenvalue weighted by Gasteiger charge is 2.39. The Morgan fingerprint density at radius 3 is 2.80 bits per heavy atom. The Labute approximate surface area is 151 Å². The summed E-state index contributed by atoms with van der Waals surface area (Å²) >= 11 is 0. The second-order valence-electron chi connectivity index (χ2n) is 6.11. The standard InChI is InChI=1S/C18H18N4O2.ClH/c19-18(7-3-8-18)17-21-16(24-22-17)14-5-1-6-15(10-14)23-12-13-4-2-9-20-11-13;/h1-2,4-6,9-11H,3,7-8,12,19H2;1H. The molecule has 1 aromatic carbocycles. The van der Waals surface area contributed by atoms with Gasteiger partial charge in [-0.2, -0.15) is 4.98 Å². The van der Waals surface area contributed by atoms with Gasteiger partial charge in [-0.1, -0.05) is 17.3 Å². The van der Waals surface area contributed by atoms with Crippen LogP contribution in [0.4, 0.5) is 0 Å². The molecule has 2 heterocycles. The molecule has 0 amide bonds. The zero-order chi connectivity index (χ0) is 16.4. The van der Waals surface area contributed by atoms with Crippen molar-refractivity contribution in [1.29, 1.82) is 0 Å². The molecule has 2 aromatic heterocycles. The number of hydrogen-bond acceptors (Lipinski definition) is 6. The van der Waals surface area contributed by atoms with Gasteiger partial charge in [-0.15, -0.1) is 12.4 Å². The van der Waals surface area contributed by atoms with Crippen LogP contribution in [-0.2, 0) is 12.1 Å². The number of pyridine rings is 1. The van der Waals surface area contributed by atoms with E-state index in [0.717, 1.165) is 36.1 Å². The van der Waals surface area contributed by atoms with Crippen molar-refractivity contribution in [1.82, 2.24) is 15.1 Å². The summed E-state index contributed by atoms with van der Waals surface area (Å²) in [6.45, 7) is 0.457. The molecule has 0 saturated heterocycles. The van der Waals surface area contributed by atoms with Crippen molar-refractivity contribution < 1.29 is 9.26 Å². The second kappa shape index (κ2) is 7.21. The van der Waals surface area contributed by atoms with Gasteiger partial charge in [0, 0.05) is 23.5 Å². The Kier molecular flexibility index (Phi) is 5.01. The number of hydrogen-bond donors (Lipinski definition) is 1. The van der Waals surface area contributed by atoms with E-state index in [1.54, 1.807) is 12.4 Å². The fourth-order valence-corrected chi connectivity index (χ4v) is 2.69. The lowest BCUT2D eigenvalue weighted by Gasteiger charge is -2.34. The van der Waals surface area contributed by atoms with Gasteiger partial charge in [0.15, 0.2) is 5.82 Å². The summed E-state index contributed by atoms with van der Waals surface area (Å²) in [5.41, 5.74) is 7.65. The van der Waals surface area contributed by atoms with E-state index in [-0.39, 0.29) is 12.4 Å². The van der Waals surface area contributed by atoms with Gasteiger partial charge in [0.1, 0.15) is 12.4 Å². The van der Waals surface area contributed by atoms with E-state index in [1.165, 1.54) is 0 Å². The molecule has 1 fully saturated rings. The molecule has 1 aliphatic rings. The van der Waals surface area contributed by atoms with Crippen molar-refractivity contribution in [3.05, 3.63) is 60.2 Å². The lowest BCUT2D eigenvalue weighted by Crippen LogP contribution is -2.44. The molecule has 7 heteroatoms. The first-order valence-electron chi connectivity index (χ1n) is 7.98. The molecular weight excluding hydrogens is 340 g/mol. The highest BCUT2D eigenvalue weighted by atomic mass is 35.5. The number of nitrogens with two attached hydrogens (primary N) is 1. The quantitative estimate of drug-likeness (QED) is 0.751. The molecule has 0 spiro atoms. The molecule has 2 N–H and O–H groups in total. The summed E-state index contributed by atoms with van der Waals surface area (Å²) in [6, 6.07) is 11.5. The van der Waals surface area contributed by atoms with Gasteiger partial charge in [-0.05, 0) is 43.5 Å². The van der Waals surface area contributed by atoms with Crippen molar-refractivity contribution in [2.75, 3.05) is 0 Å². The summed E-state index contributed by atoms with van der Waals surface area (Å²) in [6.07, 6.45) is 6.44. The van der Waals surface area contributed by atoms with Crippen molar-refractivity contribution in [3.8, 4) is 17.2 Å².